The zero-order valence-electron chi connectivity index (χ0n) is 8.46. The van der Waals surface area contributed by atoms with Crippen LogP contribution in [0.3, 0.4) is 0 Å². The van der Waals surface area contributed by atoms with E-state index in [1.165, 1.54) is 6.26 Å². The highest BCUT2D eigenvalue weighted by Crippen LogP contribution is 1.99. The molecule has 13 heavy (non-hydrogen) atoms. The molecule has 0 aromatic rings. The molecular formula is C8H18ClNO2S. The van der Waals surface area contributed by atoms with Crippen LogP contribution in [0.25, 0.3) is 0 Å². The Morgan fingerprint density at radius 2 is 1.85 bits per heavy atom. The van der Waals surface area contributed by atoms with Crippen LogP contribution < -0.4 is 0 Å². The minimum absolute atomic E-state index is 0.210. The van der Waals surface area contributed by atoms with Gasteiger partial charge in [-0.1, -0.05) is 0 Å². The molecule has 0 rings (SSSR count). The Labute approximate surface area is 86.0 Å². The van der Waals surface area contributed by atoms with Gasteiger partial charge >= 0.3 is 0 Å². The predicted octanol–water partition coefficient (Wildman–Crippen LogP) is 0.980. The van der Waals surface area contributed by atoms with Crippen molar-refractivity contribution in [3.63, 3.8) is 0 Å². The van der Waals surface area contributed by atoms with Crippen molar-refractivity contribution in [2.45, 2.75) is 19.9 Å². The first-order valence-corrected chi connectivity index (χ1v) is 6.94. The van der Waals surface area contributed by atoms with Gasteiger partial charge in [0.1, 0.15) is 9.84 Å². The lowest BCUT2D eigenvalue weighted by Crippen LogP contribution is -2.36. The maximum Gasteiger partial charge on any atom is 0.148 e. The van der Waals surface area contributed by atoms with E-state index < -0.39 is 9.84 Å². The van der Waals surface area contributed by atoms with Gasteiger partial charge in [0, 0.05) is 31.3 Å². The molecule has 0 bridgehead atoms. The molecule has 0 spiro atoms. The molecule has 0 saturated heterocycles. The second-order valence-corrected chi connectivity index (χ2v) is 6.09. The van der Waals surface area contributed by atoms with Crippen molar-refractivity contribution < 1.29 is 8.42 Å². The highest BCUT2D eigenvalue weighted by atomic mass is 35.5. The van der Waals surface area contributed by atoms with Gasteiger partial charge in [-0.2, -0.15) is 0 Å². The Hall–Kier alpha value is 0.200. The maximum atomic E-state index is 10.9. The Balaban J connectivity index is 3.97. The van der Waals surface area contributed by atoms with E-state index in [-0.39, 0.29) is 5.75 Å². The minimum Gasteiger partial charge on any atom is -0.299 e. The first kappa shape index (κ1) is 13.2. The van der Waals surface area contributed by atoms with E-state index in [2.05, 4.69) is 4.90 Å². The van der Waals surface area contributed by atoms with Crippen LogP contribution in [0.15, 0.2) is 0 Å². The number of nitrogens with zero attached hydrogens (tertiary/aromatic N) is 1. The van der Waals surface area contributed by atoms with Crippen molar-refractivity contribution in [1.82, 2.24) is 4.90 Å². The number of hydrogen-bond acceptors (Lipinski definition) is 3. The Bertz CT molecular complexity index is 226. The number of rotatable bonds is 6. The molecule has 0 amide bonds. The van der Waals surface area contributed by atoms with Crippen molar-refractivity contribution in [2.75, 3.05) is 31.0 Å². The average molecular weight is 228 g/mol. The van der Waals surface area contributed by atoms with E-state index in [1.54, 1.807) is 0 Å². The molecular weight excluding hydrogens is 210 g/mol. The quantitative estimate of drug-likeness (QED) is 0.635. The van der Waals surface area contributed by atoms with E-state index in [0.717, 1.165) is 6.54 Å². The number of halogens is 1. The third-order valence-electron chi connectivity index (χ3n) is 1.85. The fraction of sp³-hybridized carbons (Fsp3) is 1.00. The van der Waals surface area contributed by atoms with Crippen molar-refractivity contribution in [1.29, 1.82) is 0 Å². The largest absolute Gasteiger partial charge is 0.299 e. The van der Waals surface area contributed by atoms with E-state index >= 15 is 0 Å². The third-order valence-corrected chi connectivity index (χ3v) is 2.94. The van der Waals surface area contributed by atoms with Gasteiger partial charge in [-0.3, -0.25) is 4.90 Å². The summed E-state index contributed by atoms with van der Waals surface area (Å²) < 4.78 is 21.8. The van der Waals surface area contributed by atoms with Crippen LogP contribution in [0, 0.1) is 0 Å². The summed E-state index contributed by atoms with van der Waals surface area (Å²) in [6.07, 6.45) is 1.26. The molecule has 0 unspecified atom stereocenters. The molecule has 0 aliphatic rings. The van der Waals surface area contributed by atoms with E-state index in [0.29, 0.717) is 18.5 Å². The Morgan fingerprint density at radius 3 is 2.15 bits per heavy atom. The lowest BCUT2D eigenvalue weighted by molar-refractivity contribution is 0.249. The number of sulfone groups is 1. The first-order chi connectivity index (χ1) is 5.87. The molecule has 0 aromatic carbocycles. The smallest absolute Gasteiger partial charge is 0.148 e. The second kappa shape index (κ2) is 5.83. The van der Waals surface area contributed by atoms with Crippen LogP contribution in [-0.4, -0.2) is 50.3 Å². The molecule has 0 heterocycles. The molecule has 0 atom stereocenters. The zero-order chi connectivity index (χ0) is 10.5. The normalized spacial score (nSPS) is 12.8. The van der Waals surface area contributed by atoms with Crippen molar-refractivity contribution in [3.05, 3.63) is 0 Å². The standard InChI is InChI=1S/C8H18ClNO2S/c1-8(2)10(5-4-9)6-7-13(3,11)12/h8H,4-7H2,1-3H3. The van der Waals surface area contributed by atoms with Crippen molar-refractivity contribution in [3.8, 4) is 0 Å². The first-order valence-electron chi connectivity index (χ1n) is 4.34. The van der Waals surface area contributed by atoms with Gasteiger partial charge in [0.25, 0.3) is 0 Å². The molecule has 0 saturated carbocycles. The van der Waals surface area contributed by atoms with E-state index in [9.17, 15) is 8.42 Å². The lowest BCUT2D eigenvalue weighted by atomic mass is 10.3. The summed E-state index contributed by atoms with van der Waals surface area (Å²) in [7, 11) is -2.86. The van der Waals surface area contributed by atoms with Gasteiger partial charge in [-0.15, -0.1) is 11.6 Å². The van der Waals surface area contributed by atoms with Crippen LogP contribution in [0.5, 0.6) is 0 Å². The summed E-state index contributed by atoms with van der Waals surface area (Å²) in [6, 6.07) is 0.348. The van der Waals surface area contributed by atoms with Crippen LogP contribution >= 0.6 is 11.6 Å². The van der Waals surface area contributed by atoms with Crippen molar-refractivity contribution in [2.24, 2.45) is 0 Å². The van der Waals surface area contributed by atoms with Crippen LogP contribution in [0.1, 0.15) is 13.8 Å². The summed E-state index contributed by atoms with van der Waals surface area (Å²) in [6.45, 7) is 5.39. The fourth-order valence-electron chi connectivity index (χ4n) is 1.02. The molecule has 80 valence electrons. The molecule has 3 nitrogen and oxygen atoms in total. The topological polar surface area (TPSA) is 37.4 Å². The summed E-state index contributed by atoms with van der Waals surface area (Å²) in [5, 5.41) is 0. The molecule has 0 aliphatic carbocycles. The van der Waals surface area contributed by atoms with Gasteiger partial charge < -0.3 is 0 Å². The fourth-order valence-corrected chi connectivity index (χ4v) is 1.80. The molecule has 5 heteroatoms. The average Bonchev–Trinajstić information content (AvgIpc) is 1.95. The highest BCUT2D eigenvalue weighted by Gasteiger charge is 2.11. The third kappa shape index (κ3) is 7.28. The van der Waals surface area contributed by atoms with E-state index in [1.807, 2.05) is 13.8 Å². The highest BCUT2D eigenvalue weighted by molar-refractivity contribution is 7.90. The van der Waals surface area contributed by atoms with Crippen LogP contribution in [0.2, 0.25) is 0 Å². The SMILES string of the molecule is CC(C)N(CCCl)CCS(C)(=O)=O. The molecule has 0 radical (unpaired) electrons. The minimum atomic E-state index is -2.86. The molecule has 0 aliphatic heterocycles. The van der Waals surface area contributed by atoms with Gasteiger partial charge in [-0.25, -0.2) is 8.42 Å². The monoisotopic (exact) mass is 227 g/mol. The number of alkyl halides is 1. The van der Waals surface area contributed by atoms with Gasteiger partial charge in [0.2, 0.25) is 0 Å². The van der Waals surface area contributed by atoms with Gasteiger partial charge in [0.05, 0.1) is 5.75 Å². The lowest BCUT2D eigenvalue weighted by Gasteiger charge is -2.24. The summed E-state index contributed by atoms with van der Waals surface area (Å²) in [5.74, 6) is 0.754. The summed E-state index contributed by atoms with van der Waals surface area (Å²) in [5.41, 5.74) is 0. The van der Waals surface area contributed by atoms with E-state index in [4.69, 9.17) is 11.6 Å². The Kier molecular flexibility index (Phi) is 5.92. The van der Waals surface area contributed by atoms with Gasteiger partial charge in [0.15, 0.2) is 0 Å². The number of hydrogen-bond donors (Lipinski definition) is 0. The maximum absolute atomic E-state index is 10.9. The van der Waals surface area contributed by atoms with Crippen LogP contribution in [0.4, 0.5) is 0 Å². The summed E-state index contributed by atoms with van der Waals surface area (Å²) in [4.78, 5) is 2.06. The zero-order valence-corrected chi connectivity index (χ0v) is 10.0. The molecule has 0 fully saturated rings. The molecule has 0 N–H and O–H groups in total. The Morgan fingerprint density at radius 1 is 1.31 bits per heavy atom. The molecule has 0 aromatic heterocycles. The van der Waals surface area contributed by atoms with Crippen LogP contribution in [-0.2, 0) is 9.84 Å². The van der Waals surface area contributed by atoms with Gasteiger partial charge in [-0.05, 0) is 13.8 Å². The predicted molar refractivity (Wildman–Crippen MR) is 57.1 cm³/mol. The van der Waals surface area contributed by atoms with Crippen molar-refractivity contribution >= 4 is 21.4 Å². The second-order valence-electron chi connectivity index (χ2n) is 3.45. The summed E-state index contributed by atoms with van der Waals surface area (Å²) >= 11 is 5.60.